The van der Waals surface area contributed by atoms with E-state index in [1.807, 2.05) is 13.8 Å². The van der Waals surface area contributed by atoms with Crippen LogP contribution in [0, 0.1) is 5.92 Å². The minimum atomic E-state index is -3.63. The lowest BCUT2D eigenvalue weighted by Crippen LogP contribution is -2.44. The minimum absolute atomic E-state index is 0.174. The third kappa shape index (κ3) is 7.84. The molecule has 1 atom stereocenters. The number of amides is 2. The van der Waals surface area contributed by atoms with Crippen molar-refractivity contribution in [1.29, 1.82) is 0 Å². The Hall–Kier alpha value is -2.42. The van der Waals surface area contributed by atoms with Crippen molar-refractivity contribution >= 4 is 39.1 Å². The molecule has 1 unspecified atom stereocenters. The number of carbonyl (C=O) groups is 2. The quantitative estimate of drug-likeness (QED) is 0.588. The Balaban J connectivity index is 2.08. The number of anilines is 1. The van der Waals surface area contributed by atoms with Gasteiger partial charge in [-0.2, -0.15) is 0 Å². The van der Waals surface area contributed by atoms with Crippen LogP contribution in [0.5, 0.6) is 0 Å². The van der Waals surface area contributed by atoms with E-state index in [2.05, 4.69) is 10.6 Å². The predicted octanol–water partition coefficient (Wildman–Crippen LogP) is 2.91. The zero-order valence-electron chi connectivity index (χ0n) is 16.2. The highest BCUT2D eigenvalue weighted by atomic mass is 35.5. The van der Waals surface area contributed by atoms with Crippen LogP contribution >= 0.6 is 11.6 Å². The Morgan fingerprint density at radius 2 is 1.62 bits per heavy atom. The fraction of sp³-hybridized carbons (Fsp3) is 0.300. The largest absolute Gasteiger partial charge is 0.340 e. The number of benzene rings is 2. The average Bonchev–Trinajstić information content (AvgIpc) is 2.61. The third-order valence-electron chi connectivity index (χ3n) is 4.02. The van der Waals surface area contributed by atoms with Gasteiger partial charge in [0.15, 0.2) is 0 Å². The summed E-state index contributed by atoms with van der Waals surface area (Å²) in [6.45, 7) is 3.91. The van der Waals surface area contributed by atoms with Crippen LogP contribution in [0.1, 0.15) is 36.2 Å². The molecule has 2 rings (SSSR count). The van der Waals surface area contributed by atoms with Crippen LogP contribution < -0.4 is 15.8 Å². The maximum absolute atomic E-state index is 12.7. The molecule has 0 fully saturated rings. The van der Waals surface area contributed by atoms with Gasteiger partial charge in [-0.25, -0.2) is 13.6 Å². The van der Waals surface area contributed by atoms with Crippen molar-refractivity contribution in [2.75, 3.05) is 5.32 Å². The van der Waals surface area contributed by atoms with Gasteiger partial charge in [0.1, 0.15) is 6.04 Å². The fourth-order valence-electron chi connectivity index (χ4n) is 2.69. The second-order valence-corrected chi connectivity index (χ2v) is 9.21. The van der Waals surface area contributed by atoms with Gasteiger partial charge in [-0.3, -0.25) is 9.59 Å². The molecule has 0 aromatic heterocycles. The van der Waals surface area contributed by atoms with Gasteiger partial charge >= 0.3 is 0 Å². The van der Waals surface area contributed by atoms with E-state index in [9.17, 15) is 18.0 Å². The van der Waals surface area contributed by atoms with Crippen molar-refractivity contribution < 1.29 is 18.0 Å². The zero-order chi connectivity index (χ0) is 21.6. The summed E-state index contributed by atoms with van der Waals surface area (Å²) in [7, 11) is -3.63. The van der Waals surface area contributed by atoms with Crippen molar-refractivity contribution in [2.24, 2.45) is 11.1 Å². The van der Waals surface area contributed by atoms with Crippen molar-refractivity contribution in [3.8, 4) is 0 Å². The lowest BCUT2D eigenvalue weighted by atomic mass is 10.0. The van der Waals surface area contributed by atoms with Gasteiger partial charge in [0.2, 0.25) is 15.9 Å². The molecule has 9 heteroatoms. The Morgan fingerprint density at radius 1 is 1.03 bits per heavy atom. The summed E-state index contributed by atoms with van der Waals surface area (Å²) >= 11 is 5.84. The minimum Gasteiger partial charge on any atom is -0.340 e. The molecule has 2 aromatic rings. The second kappa shape index (κ2) is 9.87. The van der Waals surface area contributed by atoms with E-state index in [0.29, 0.717) is 28.3 Å². The summed E-state index contributed by atoms with van der Waals surface area (Å²) in [6, 6.07) is 12.0. The molecule has 0 saturated heterocycles. The Morgan fingerprint density at radius 3 is 2.14 bits per heavy atom. The van der Waals surface area contributed by atoms with Crippen molar-refractivity contribution in [3.05, 3.63) is 64.7 Å². The molecule has 0 aliphatic rings. The van der Waals surface area contributed by atoms with Gasteiger partial charge < -0.3 is 10.6 Å². The van der Waals surface area contributed by atoms with Crippen LogP contribution in [0.25, 0.3) is 0 Å². The number of hydrogen-bond donors (Lipinski definition) is 3. The molecular formula is C20H24ClN3O4S. The van der Waals surface area contributed by atoms with Crippen LogP contribution in [0.4, 0.5) is 5.69 Å². The second-order valence-electron chi connectivity index (χ2n) is 7.16. The maximum atomic E-state index is 12.7. The smallest absolute Gasteiger partial charge is 0.251 e. The van der Waals surface area contributed by atoms with Gasteiger partial charge in [0, 0.05) is 16.3 Å². The molecule has 0 aliphatic heterocycles. The van der Waals surface area contributed by atoms with Gasteiger partial charge in [-0.05, 0) is 54.3 Å². The van der Waals surface area contributed by atoms with Crippen LogP contribution in [0.15, 0.2) is 48.5 Å². The lowest BCUT2D eigenvalue weighted by Gasteiger charge is -2.20. The molecule has 0 bridgehead atoms. The summed E-state index contributed by atoms with van der Waals surface area (Å²) in [5, 5.41) is 11.1. The molecule has 2 aromatic carbocycles. The van der Waals surface area contributed by atoms with Crippen LogP contribution in [-0.4, -0.2) is 26.3 Å². The Kier molecular flexibility index (Phi) is 7.78. The van der Waals surface area contributed by atoms with Gasteiger partial charge in [-0.15, -0.1) is 0 Å². The molecule has 0 spiro atoms. The van der Waals surface area contributed by atoms with E-state index in [1.165, 1.54) is 0 Å². The van der Waals surface area contributed by atoms with Crippen LogP contribution in [-0.2, 0) is 20.6 Å². The first-order valence-electron chi connectivity index (χ1n) is 9.00. The van der Waals surface area contributed by atoms with E-state index in [4.69, 9.17) is 16.7 Å². The Bertz CT molecular complexity index is 958. The normalized spacial score (nSPS) is 12.4. The monoisotopic (exact) mass is 437 g/mol. The van der Waals surface area contributed by atoms with Crippen LogP contribution in [0.3, 0.4) is 0 Å². The molecule has 0 aliphatic carbocycles. The summed E-state index contributed by atoms with van der Waals surface area (Å²) in [5.74, 6) is -0.839. The van der Waals surface area contributed by atoms with E-state index < -0.39 is 16.1 Å². The summed E-state index contributed by atoms with van der Waals surface area (Å²) in [4.78, 5) is 25.2. The average molecular weight is 438 g/mol. The Labute approximate surface area is 175 Å². The highest BCUT2D eigenvalue weighted by Gasteiger charge is 2.22. The van der Waals surface area contributed by atoms with E-state index in [0.717, 1.165) is 0 Å². The number of carbonyl (C=O) groups excluding carboxylic acids is 2. The first-order chi connectivity index (χ1) is 13.5. The summed E-state index contributed by atoms with van der Waals surface area (Å²) in [6.07, 6.45) is 0.453. The maximum Gasteiger partial charge on any atom is 0.251 e. The number of nitrogens with one attached hydrogen (secondary N) is 2. The molecule has 156 valence electrons. The highest BCUT2D eigenvalue weighted by molar-refractivity contribution is 7.88. The molecule has 29 heavy (non-hydrogen) atoms. The highest BCUT2D eigenvalue weighted by Crippen LogP contribution is 2.14. The van der Waals surface area contributed by atoms with Gasteiger partial charge in [0.25, 0.3) is 5.91 Å². The van der Waals surface area contributed by atoms with E-state index in [1.54, 1.807) is 48.5 Å². The van der Waals surface area contributed by atoms with E-state index >= 15 is 0 Å². The molecule has 0 heterocycles. The number of hydrogen-bond acceptors (Lipinski definition) is 4. The SMILES string of the molecule is CC(C)CC(NC(=O)c1ccc(Cl)cc1)C(=O)Nc1ccc(CS(N)(=O)=O)cc1. The van der Waals surface area contributed by atoms with Crippen molar-refractivity contribution in [2.45, 2.75) is 32.1 Å². The molecule has 0 radical (unpaired) electrons. The predicted molar refractivity (Wildman–Crippen MR) is 114 cm³/mol. The standard InChI is InChI=1S/C20H24ClN3O4S/c1-13(2)11-18(24-19(25)15-5-7-16(21)8-6-15)20(26)23-17-9-3-14(4-10-17)12-29(22,27)28/h3-10,13,18H,11-12H2,1-2H3,(H,23,26)(H,24,25)(H2,22,27,28). The third-order valence-corrected chi connectivity index (χ3v) is 5.01. The van der Waals surface area contributed by atoms with Crippen LogP contribution in [0.2, 0.25) is 5.02 Å². The number of halogens is 1. The van der Waals surface area contributed by atoms with Gasteiger partial charge in [0.05, 0.1) is 5.75 Å². The van der Waals surface area contributed by atoms with Crippen molar-refractivity contribution in [1.82, 2.24) is 5.32 Å². The molecular weight excluding hydrogens is 414 g/mol. The van der Waals surface area contributed by atoms with Crippen molar-refractivity contribution in [3.63, 3.8) is 0 Å². The zero-order valence-corrected chi connectivity index (χ0v) is 17.8. The molecule has 2 amide bonds. The topological polar surface area (TPSA) is 118 Å². The summed E-state index contributed by atoms with van der Waals surface area (Å²) < 4.78 is 22.3. The first-order valence-corrected chi connectivity index (χ1v) is 11.1. The lowest BCUT2D eigenvalue weighted by molar-refractivity contribution is -0.118. The first kappa shape index (κ1) is 22.9. The molecule has 0 saturated carbocycles. The van der Waals surface area contributed by atoms with E-state index in [-0.39, 0.29) is 23.5 Å². The number of nitrogens with two attached hydrogens (primary N) is 1. The number of primary sulfonamides is 1. The molecule has 4 N–H and O–H groups in total. The fourth-order valence-corrected chi connectivity index (χ4v) is 3.47. The summed E-state index contributed by atoms with van der Waals surface area (Å²) in [5.41, 5.74) is 1.41. The molecule has 7 nitrogen and oxygen atoms in total. The number of sulfonamides is 1. The number of rotatable bonds is 8. The van der Waals surface area contributed by atoms with Gasteiger partial charge in [-0.1, -0.05) is 37.6 Å².